The molecule has 0 unspecified atom stereocenters. The molecular weight excluding hydrogens is 448 g/mol. The number of fused-ring (bicyclic) bond motifs is 1. The fourth-order valence-electron chi connectivity index (χ4n) is 4.56. The van der Waals surface area contributed by atoms with Crippen LogP contribution in [-0.2, 0) is 27.4 Å². The summed E-state index contributed by atoms with van der Waals surface area (Å²) in [6, 6.07) is 6.96. The standard InChI is InChI=1S/C26H34N4O5/c1-16-12-19(15-28-25(16)32)24-29-21-13-18(8-9-22(21)30(24)10-11-34-3)14-27-23(17(2)31)26(33)35-20-6-4-5-7-20/h8-9,12-13,15,17,20,23,27,31H,4-7,10-11,14H2,1-3H3,(H,28,32)/t17-,23+/m1/s1. The minimum Gasteiger partial charge on any atom is -0.461 e. The highest BCUT2D eigenvalue weighted by molar-refractivity contribution is 5.81. The maximum absolute atomic E-state index is 12.6. The van der Waals surface area contributed by atoms with Gasteiger partial charge in [-0.25, -0.2) is 4.98 Å². The molecule has 188 valence electrons. The van der Waals surface area contributed by atoms with E-state index in [4.69, 9.17) is 14.5 Å². The molecule has 3 N–H and O–H groups in total. The SMILES string of the molecule is COCCn1c(-c2c[nH]c(=O)c(C)c2)nc2cc(CN[C@H](C(=O)OC3CCCC3)[C@@H](C)O)ccc21. The normalized spacial score (nSPS) is 16.0. The molecule has 9 nitrogen and oxygen atoms in total. The molecule has 2 heterocycles. The first kappa shape index (κ1) is 25.1. The molecule has 0 aliphatic heterocycles. The van der Waals surface area contributed by atoms with Crippen molar-refractivity contribution >= 4 is 17.0 Å². The Bertz CT molecular complexity index is 1230. The Labute approximate surface area is 204 Å². The van der Waals surface area contributed by atoms with E-state index in [0.29, 0.717) is 25.3 Å². The fourth-order valence-corrected chi connectivity index (χ4v) is 4.56. The Morgan fingerprint density at radius 2 is 2.09 bits per heavy atom. The van der Waals surface area contributed by atoms with Crippen LogP contribution in [0.2, 0.25) is 0 Å². The highest BCUT2D eigenvalue weighted by Gasteiger charge is 2.28. The third-order valence-corrected chi connectivity index (χ3v) is 6.53. The number of aromatic nitrogens is 3. The highest BCUT2D eigenvalue weighted by atomic mass is 16.5. The second kappa shape index (κ2) is 11.2. The summed E-state index contributed by atoms with van der Waals surface area (Å²) >= 11 is 0. The number of aliphatic hydroxyl groups is 1. The molecule has 0 amide bonds. The molecule has 1 fully saturated rings. The van der Waals surface area contributed by atoms with Crippen LogP contribution in [0.3, 0.4) is 0 Å². The number of hydrogen-bond donors (Lipinski definition) is 3. The van der Waals surface area contributed by atoms with Gasteiger partial charge < -0.3 is 24.1 Å². The van der Waals surface area contributed by atoms with Gasteiger partial charge in [-0.2, -0.15) is 0 Å². The third kappa shape index (κ3) is 5.80. The van der Waals surface area contributed by atoms with Crippen molar-refractivity contribution in [3.05, 3.63) is 51.9 Å². The number of aliphatic hydroxyl groups excluding tert-OH is 1. The number of hydrogen-bond acceptors (Lipinski definition) is 7. The van der Waals surface area contributed by atoms with Crippen molar-refractivity contribution in [2.24, 2.45) is 0 Å². The Morgan fingerprint density at radius 1 is 1.31 bits per heavy atom. The van der Waals surface area contributed by atoms with Gasteiger partial charge in [0, 0.05) is 37.5 Å². The number of imidazole rings is 1. The lowest BCUT2D eigenvalue weighted by Crippen LogP contribution is -2.46. The van der Waals surface area contributed by atoms with Crippen LogP contribution in [0, 0.1) is 6.92 Å². The summed E-state index contributed by atoms with van der Waals surface area (Å²) in [5.74, 6) is 0.330. The number of rotatable bonds is 10. The number of nitrogens with one attached hydrogen (secondary N) is 2. The fraction of sp³-hybridized carbons (Fsp3) is 0.500. The maximum atomic E-state index is 12.6. The third-order valence-electron chi connectivity index (χ3n) is 6.53. The first-order valence-electron chi connectivity index (χ1n) is 12.2. The van der Waals surface area contributed by atoms with E-state index in [1.165, 1.54) is 0 Å². The van der Waals surface area contributed by atoms with Gasteiger partial charge in [-0.1, -0.05) is 6.07 Å². The number of H-pyrrole nitrogens is 1. The number of nitrogens with zero attached hydrogens (tertiary/aromatic N) is 2. The van der Waals surface area contributed by atoms with Crippen molar-refractivity contribution in [1.82, 2.24) is 19.9 Å². The Morgan fingerprint density at radius 3 is 2.77 bits per heavy atom. The molecule has 1 aliphatic carbocycles. The van der Waals surface area contributed by atoms with Crippen molar-refractivity contribution < 1.29 is 19.4 Å². The van der Waals surface area contributed by atoms with Gasteiger partial charge in [0.15, 0.2) is 0 Å². The summed E-state index contributed by atoms with van der Waals surface area (Å²) in [5, 5.41) is 13.3. The topological polar surface area (TPSA) is 118 Å². The zero-order valence-corrected chi connectivity index (χ0v) is 20.5. The lowest BCUT2D eigenvalue weighted by atomic mass is 10.1. The predicted octanol–water partition coefficient (Wildman–Crippen LogP) is 2.67. The molecule has 0 saturated heterocycles. The number of pyridine rings is 1. The van der Waals surface area contributed by atoms with Gasteiger partial charge in [0.1, 0.15) is 18.0 Å². The van der Waals surface area contributed by atoms with Crippen LogP contribution < -0.4 is 10.9 Å². The maximum Gasteiger partial charge on any atom is 0.326 e. The molecule has 35 heavy (non-hydrogen) atoms. The summed E-state index contributed by atoms with van der Waals surface area (Å²) in [5.41, 5.74) is 3.97. The van der Waals surface area contributed by atoms with E-state index < -0.39 is 18.1 Å². The molecule has 1 saturated carbocycles. The van der Waals surface area contributed by atoms with Crippen LogP contribution >= 0.6 is 0 Å². The number of methoxy groups -OCH3 is 1. The predicted molar refractivity (Wildman–Crippen MR) is 133 cm³/mol. The summed E-state index contributed by atoms with van der Waals surface area (Å²) < 4.78 is 13.0. The van der Waals surface area contributed by atoms with E-state index >= 15 is 0 Å². The van der Waals surface area contributed by atoms with Crippen molar-refractivity contribution in [2.45, 2.75) is 70.9 Å². The second-order valence-corrected chi connectivity index (χ2v) is 9.25. The van der Waals surface area contributed by atoms with Gasteiger partial charge >= 0.3 is 5.97 Å². The van der Waals surface area contributed by atoms with Gasteiger partial charge in [-0.15, -0.1) is 0 Å². The summed E-state index contributed by atoms with van der Waals surface area (Å²) in [6.45, 7) is 4.86. The van der Waals surface area contributed by atoms with Crippen molar-refractivity contribution in [3.63, 3.8) is 0 Å². The lowest BCUT2D eigenvalue weighted by molar-refractivity contribution is -0.154. The number of aromatic amines is 1. The molecular formula is C26H34N4O5. The van der Waals surface area contributed by atoms with Gasteiger partial charge in [-0.05, 0) is 63.3 Å². The van der Waals surface area contributed by atoms with Crippen LogP contribution in [0.25, 0.3) is 22.4 Å². The van der Waals surface area contributed by atoms with E-state index in [1.54, 1.807) is 27.2 Å². The zero-order chi connectivity index (χ0) is 24.9. The lowest BCUT2D eigenvalue weighted by Gasteiger charge is -2.22. The van der Waals surface area contributed by atoms with Gasteiger partial charge in [0.25, 0.3) is 5.56 Å². The van der Waals surface area contributed by atoms with Crippen LogP contribution in [0.15, 0.2) is 35.3 Å². The molecule has 1 aromatic carbocycles. The van der Waals surface area contributed by atoms with E-state index in [9.17, 15) is 14.7 Å². The average molecular weight is 483 g/mol. The van der Waals surface area contributed by atoms with Crippen LogP contribution in [0.1, 0.15) is 43.7 Å². The van der Waals surface area contributed by atoms with E-state index in [1.807, 2.05) is 24.3 Å². The Hall–Kier alpha value is -3.01. The number of esters is 1. The van der Waals surface area contributed by atoms with Crippen molar-refractivity contribution in [3.8, 4) is 11.4 Å². The number of ether oxygens (including phenoxy) is 2. The minimum absolute atomic E-state index is 0.0482. The van der Waals surface area contributed by atoms with E-state index in [2.05, 4.69) is 14.9 Å². The molecule has 4 rings (SSSR count). The first-order valence-corrected chi connectivity index (χ1v) is 12.2. The monoisotopic (exact) mass is 482 g/mol. The van der Waals surface area contributed by atoms with Crippen LogP contribution in [0.4, 0.5) is 0 Å². The first-order chi connectivity index (χ1) is 16.9. The van der Waals surface area contributed by atoms with Gasteiger partial charge in [0.05, 0.1) is 23.7 Å². The minimum atomic E-state index is -0.879. The Kier molecular flexibility index (Phi) is 8.00. The van der Waals surface area contributed by atoms with Crippen LogP contribution in [-0.4, -0.2) is 57.6 Å². The number of aryl methyl sites for hydroxylation is 1. The smallest absolute Gasteiger partial charge is 0.326 e. The van der Waals surface area contributed by atoms with E-state index in [0.717, 1.165) is 53.7 Å². The molecule has 9 heteroatoms. The summed E-state index contributed by atoms with van der Waals surface area (Å²) in [6.07, 6.45) is 4.66. The van der Waals surface area contributed by atoms with Crippen LogP contribution in [0.5, 0.6) is 0 Å². The highest BCUT2D eigenvalue weighted by Crippen LogP contribution is 2.26. The quantitative estimate of drug-likeness (QED) is 0.380. The van der Waals surface area contributed by atoms with Crippen molar-refractivity contribution in [1.29, 1.82) is 0 Å². The molecule has 0 bridgehead atoms. The largest absolute Gasteiger partial charge is 0.461 e. The average Bonchev–Trinajstić information content (AvgIpc) is 3.46. The summed E-state index contributed by atoms with van der Waals surface area (Å²) in [4.78, 5) is 32.1. The van der Waals surface area contributed by atoms with E-state index in [-0.39, 0.29) is 11.7 Å². The summed E-state index contributed by atoms with van der Waals surface area (Å²) in [7, 11) is 1.66. The Balaban J connectivity index is 1.56. The molecule has 2 aromatic heterocycles. The van der Waals surface area contributed by atoms with Gasteiger partial charge in [0.2, 0.25) is 0 Å². The number of carbonyl (C=O) groups excluding carboxylic acids is 1. The van der Waals surface area contributed by atoms with Gasteiger partial charge in [-0.3, -0.25) is 14.9 Å². The molecule has 1 aliphatic rings. The molecule has 0 spiro atoms. The molecule has 2 atom stereocenters. The second-order valence-electron chi connectivity index (χ2n) is 9.25. The molecule has 3 aromatic rings. The molecule has 0 radical (unpaired) electrons. The van der Waals surface area contributed by atoms with Crippen molar-refractivity contribution in [2.75, 3.05) is 13.7 Å². The number of carbonyl (C=O) groups is 1. The zero-order valence-electron chi connectivity index (χ0n) is 20.5. The number of benzene rings is 1.